The zero-order chi connectivity index (χ0) is 13.3. The van der Waals surface area contributed by atoms with Crippen LogP contribution in [0.1, 0.15) is 12.8 Å². The second-order valence-corrected chi connectivity index (χ2v) is 7.12. The number of aromatic nitrogens is 1. The molecule has 1 aromatic carbocycles. The van der Waals surface area contributed by atoms with Crippen LogP contribution in [0.15, 0.2) is 28.6 Å². The minimum Gasteiger partial charge on any atom is -0.377 e. The molecule has 1 aromatic heterocycles. The third-order valence-electron chi connectivity index (χ3n) is 3.14. The average molecular weight is 298 g/mol. The Balaban J connectivity index is 1.78. The molecule has 7 heteroatoms. The number of nitrogens with one attached hydrogen (secondary N) is 1. The molecule has 19 heavy (non-hydrogen) atoms. The third-order valence-corrected chi connectivity index (χ3v) is 5.35. The predicted molar refractivity (Wildman–Crippen MR) is 73.8 cm³/mol. The van der Waals surface area contributed by atoms with Gasteiger partial charge < -0.3 is 4.74 Å². The van der Waals surface area contributed by atoms with E-state index in [2.05, 4.69) is 9.71 Å². The number of fused-ring (bicyclic) bond motifs is 1. The van der Waals surface area contributed by atoms with E-state index in [1.54, 1.807) is 23.7 Å². The molecule has 1 fully saturated rings. The number of hydrogen-bond donors (Lipinski definition) is 1. The largest absolute Gasteiger partial charge is 0.377 e. The molecule has 1 aliphatic rings. The highest BCUT2D eigenvalue weighted by Gasteiger charge is 2.20. The lowest BCUT2D eigenvalue weighted by Gasteiger charge is -2.11. The van der Waals surface area contributed by atoms with Crippen LogP contribution in [0.25, 0.3) is 10.2 Å². The Morgan fingerprint density at radius 1 is 1.47 bits per heavy atom. The first kappa shape index (κ1) is 13.0. The molecule has 0 unspecified atom stereocenters. The normalized spacial score (nSPS) is 20.1. The van der Waals surface area contributed by atoms with Crippen molar-refractivity contribution in [3.63, 3.8) is 0 Å². The SMILES string of the molecule is O=S(=O)(NC[C@@H]1CCCO1)c1ccc2ncsc2c1. The van der Waals surface area contributed by atoms with Gasteiger partial charge in [0.2, 0.25) is 10.0 Å². The van der Waals surface area contributed by atoms with Gasteiger partial charge in [-0.3, -0.25) is 0 Å². The summed E-state index contributed by atoms with van der Waals surface area (Å²) >= 11 is 1.43. The van der Waals surface area contributed by atoms with E-state index in [0.29, 0.717) is 6.54 Å². The molecule has 0 amide bonds. The van der Waals surface area contributed by atoms with Crippen LogP contribution in [0.4, 0.5) is 0 Å². The summed E-state index contributed by atoms with van der Waals surface area (Å²) in [5.41, 5.74) is 2.53. The number of ether oxygens (including phenoxy) is 1. The van der Waals surface area contributed by atoms with Gasteiger partial charge in [-0.15, -0.1) is 11.3 Å². The highest BCUT2D eigenvalue weighted by molar-refractivity contribution is 7.89. The van der Waals surface area contributed by atoms with Crippen molar-refractivity contribution in [3.05, 3.63) is 23.7 Å². The van der Waals surface area contributed by atoms with Gasteiger partial charge in [-0.2, -0.15) is 0 Å². The van der Waals surface area contributed by atoms with Crippen molar-refractivity contribution in [3.8, 4) is 0 Å². The van der Waals surface area contributed by atoms with Crippen molar-refractivity contribution in [1.82, 2.24) is 9.71 Å². The Labute approximate surface area is 115 Å². The van der Waals surface area contributed by atoms with Crippen molar-refractivity contribution in [1.29, 1.82) is 0 Å². The molecule has 0 spiro atoms. The monoisotopic (exact) mass is 298 g/mol. The van der Waals surface area contributed by atoms with Crippen molar-refractivity contribution >= 4 is 31.6 Å². The summed E-state index contributed by atoms with van der Waals surface area (Å²) < 4.78 is 33.2. The quantitative estimate of drug-likeness (QED) is 0.934. The fourth-order valence-electron chi connectivity index (χ4n) is 2.09. The molecule has 2 heterocycles. The van der Waals surface area contributed by atoms with Gasteiger partial charge >= 0.3 is 0 Å². The molecule has 1 saturated heterocycles. The Bertz CT molecular complexity index is 675. The molecule has 0 radical (unpaired) electrons. The van der Waals surface area contributed by atoms with E-state index in [0.717, 1.165) is 29.7 Å². The molecule has 0 bridgehead atoms. The summed E-state index contributed by atoms with van der Waals surface area (Å²) in [4.78, 5) is 4.41. The highest BCUT2D eigenvalue weighted by atomic mass is 32.2. The zero-order valence-corrected chi connectivity index (χ0v) is 11.8. The van der Waals surface area contributed by atoms with Crippen LogP contribution in [-0.2, 0) is 14.8 Å². The van der Waals surface area contributed by atoms with Gasteiger partial charge in [0.1, 0.15) is 0 Å². The minimum absolute atomic E-state index is 0.00177. The summed E-state index contributed by atoms with van der Waals surface area (Å²) in [6.07, 6.45) is 1.91. The van der Waals surface area contributed by atoms with Crippen molar-refractivity contribution in [2.24, 2.45) is 0 Å². The second-order valence-electron chi connectivity index (χ2n) is 4.47. The van der Waals surface area contributed by atoms with Crippen molar-refractivity contribution < 1.29 is 13.2 Å². The molecule has 1 aliphatic heterocycles. The maximum absolute atomic E-state index is 12.2. The van der Waals surface area contributed by atoms with Crippen LogP contribution in [0.3, 0.4) is 0 Å². The zero-order valence-electron chi connectivity index (χ0n) is 10.2. The van der Waals surface area contributed by atoms with Crippen LogP contribution < -0.4 is 4.72 Å². The van der Waals surface area contributed by atoms with Gasteiger partial charge in [-0.25, -0.2) is 18.1 Å². The Kier molecular flexibility index (Phi) is 3.53. The fraction of sp³-hybridized carbons (Fsp3) is 0.417. The lowest BCUT2D eigenvalue weighted by molar-refractivity contribution is 0.114. The smallest absolute Gasteiger partial charge is 0.240 e. The Morgan fingerprint density at radius 3 is 3.16 bits per heavy atom. The van der Waals surface area contributed by atoms with Gasteiger partial charge in [0, 0.05) is 13.2 Å². The van der Waals surface area contributed by atoms with Crippen LogP contribution in [0, 0.1) is 0 Å². The van der Waals surface area contributed by atoms with Crippen LogP contribution >= 0.6 is 11.3 Å². The summed E-state index contributed by atoms with van der Waals surface area (Å²) in [7, 11) is -3.47. The molecule has 3 rings (SSSR count). The highest BCUT2D eigenvalue weighted by Crippen LogP contribution is 2.21. The van der Waals surface area contributed by atoms with Gasteiger partial charge in [0.25, 0.3) is 0 Å². The van der Waals surface area contributed by atoms with E-state index in [9.17, 15) is 8.42 Å². The summed E-state index contributed by atoms with van der Waals surface area (Å²) in [5, 5.41) is 0. The molecule has 5 nitrogen and oxygen atoms in total. The van der Waals surface area contributed by atoms with Crippen LogP contribution in [0.2, 0.25) is 0 Å². The van der Waals surface area contributed by atoms with Crippen molar-refractivity contribution in [2.75, 3.05) is 13.2 Å². The molecule has 0 saturated carbocycles. The van der Waals surface area contributed by atoms with E-state index >= 15 is 0 Å². The van der Waals surface area contributed by atoms with Gasteiger partial charge in [-0.05, 0) is 31.0 Å². The number of rotatable bonds is 4. The molecular weight excluding hydrogens is 284 g/mol. The maximum atomic E-state index is 12.2. The summed E-state index contributed by atoms with van der Waals surface area (Å²) in [6.45, 7) is 1.06. The number of benzene rings is 1. The topological polar surface area (TPSA) is 68.3 Å². The van der Waals surface area contributed by atoms with E-state index in [-0.39, 0.29) is 11.0 Å². The van der Waals surface area contributed by atoms with E-state index < -0.39 is 10.0 Å². The van der Waals surface area contributed by atoms with Gasteiger partial charge in [-0.1, -0.05) is 0 Å². The van der Waals surface area contributed by atoms with Crippen LogP contribution in [-0.4, -0.2) is 32.7 Å². The van der Waals surface area contributed by atoms with Gasteiger partial charge in [0.05, 0.1) is 26.7 Å². The Hall–Kier alpha value is -1.02. The first-order chi connectivity index (χ1) is 9.15. The molecule has 0 aliphatic carbocycles. The summed E-state index contributed by atoms with van der Waals surface area (Å²) in [6, 6.07) is 4.97. The molecule has 2 aromatic rings. The van der Waals surface area contributed by atoms with Crippen LogP contribution in [0.5, 0.6) is 0 Å². The van der Waals surface area contributed by atoms with E-state index in [1.165, 1.54) is 11.3 Å². The molecule has 102 valence electrons. The first-order valence-corrected chi connectivity index (χ1v) is 8.46. The first-order valence-electron chi connectivity index (χ1n) is 6.10. The van der Waals surface area contributed by atoms with E-state index in [1.807, 2.05) is 0 Å². The molecule has 1 atom stereocenters. The molecule has 1 N–H and O–H groups in total. The minimum atomic E-state index is -3.47. The second kappa shape index (κ2) is 5.16. The molecular formula is C12H14N2O3S2. The number of nitrogens with zero attached hydrogens (tertiary/aromatic N) is 1. The summed E-state index contributed by atoms with van der Waals surface area (Å²) in [5.74, 6) is 0. The van der Waals surface area contributed by atoms with Gasteiger partial charge in [0.15, 0.2) is 0 Å². The number of sulfonamides is 1. The third kappa shape index (κ3) is 2.79. The maximum Gasteiger partial charge on any atom is 0.240 e. The van der Waals surface area contributed by atoms with Crippen molar-refractivity contribution in [2.45, 2.75) is 23.8 Å². The number of thiazole rings is 1. The predicted octanol–water partition coefficient (Wildman–Crippen LogP) is 1.75. The average Bonchev–Trinajstić information content (AvgIpc) is 3.06. The number of hydrogen-bond acceptors (Lipinski definition) is 5. The fourth-order valence-corrected chi connectivity index (χ4v) is 3.98. The lowest BCUT2D eigenvalue weighted by atomic mass is 10.2. The standard InChI is InChI=1S/C12H14N2O3S2/c15-19(16,14-7-9-2-1-5-17-9)10-3-4-11-12(6-10)18-8-13-11/h3-4,6,8-9,14H,1-2,5,7H2/t9-/m0/s1. The Morgan fingerprint density at radius 2 is 2.37 bits per heavy atom. The van der Waals surface area contributed by atoms with E-state index in [4.69, 9.17) is 4.74 Å². The lowest BCUT2D eigenvalue weighted by Crippen LogP contribution is -2.31.